The highest BCUT2D eigenvalue weighted by molar-refractivity contribution is 6.30. The van der Waals surface area contributed by atoms with Crippen molar-refractivity contribution >= 4 is 34.3 Å². The van der Waals surface area contributed by atoms with E-state index in [1.807, 2.05) is 36.4 Å². The predicted molar refractivity (Wildman–Crippen MR) is 89.4 cm³/mol. The molecule has 3 rings (SSSR count). The number of anilines is 2. The molecule has 0 amide bonds. The van der Waals surface area contributed by atoms with Gasteiger partial charge in [0, 0.05) is 17.3 Å². The van der Waals surface area contributed by atoms with Crippen LogP contribution in [0.4, 0.5) is 11.6 Å². The molecule has 4 heteroatoms. The number of hydrogen-bond donors (Lipinski definition) is 1. The highest BCUT2D eigenvalue weighted by atomic mass is 35.5. The maximum Gasteiger partial charge on any atom is 0.208 e. The van der Waals surface area contributed by atoms with Crippen molar-refractivity contribution in [3.8, 4) is 0 Å². The minimum absolute atomic E-state index is 0.736. The number of nitrogens with one attached hydrogen (secondary N) is 1. The van der Waals surface area contributed by atoms with Crippen molar-refractivity contribution in [3.05, 3.63) is 53.6 Å². The molecule has 0 bridgehead atoms. The Hall–Kier alpha value is -2.00. The van der Waals surface area contributed by atoms with Gasteiger partial charge in [0.1, 0.15) is 0 Å². The summed E-state index contributed by atoms with van der Waals surface area (Å²) in [5.41, 5.74) is 3.18. The molecule has 1 aromatic heterocycles. The van der Waals surface area contributed by atoms with Gasteiger partial charge in [0.25, 0.3) is 0 Å². The molecule has 1 heterocycles. The summed E-state index contributed by atoms with van der Waals surface area (Å²) in [7, 11) is 0. The van der Waals surface area contributed by atoms with E-state index >= 15 is 0 Å². The van der Waals surface area contributed by atoms with Gasteiger partial charge in [0.15, 0.2) is 0 Å². The van der Waals surface area contributed by atoms with Crippen LogP contribution in [0.25, 0.3) is 11.0 Å². The van der Waals surface area contributed by atoms with Crippen molar-refractivity contribution in [2.75, 3.05) is 5.32 Å². The summed E-state index contributed by atoms with van der Waals surface area (Å²) >= 11 is 5.93. The Morgan fingerprint density at radius 1 is 1.10 bits per heavy atom. The number of nitrogens with zero attached hydrogens (tertiary/aromatic N) is 2. The van der Waals surface area contributed by atoms with E-state index in [9.17, 15) is 0 Å². The van der Waals surface area contributed by atoms with Crippen molar-refractivity contribution < 1.29 is 0 Å². The molecule has 0 atom stereocenters. The molecule has 0 aliphatic carbocycles. The Morgan fingerprint density at radius 2 is 1.86 bits per heavy atom. The normalized spacial score (nSPS) is 11.0. The molecule has 0 aliphatic rings. The molecule has 0 fully saturated rings. The van der Waals surface area contributed by atoms with Crippen molar-refractivity contribution in [2.45, 2.75) is 26.3 Å². The van der Waals surface area contributed by atoms with Crippen LogP contribution in [0.1, 0.15) is 19.8 Å². The smallest absolute Gasteiger partial charge is 0.208 e. The first-order valence-electron chi connectivity index (χ1n) is 7.26. The third-order valence-electron chi connectivity index (χ3n) is 3.49. The number of rotatable bonds is 5. The van der Waals surface area contributed by atoms with Gasteiger partial charge >= 0.3 is 0 Å². The fourth-order valence-electron chi connectivity index (χ4n) is 2.38. The van der Waals surface area contributed by atoms with E-state index in [1.165, 1.54) is 5.52 Å². The summed E-state index contributed by atoms with van der Waals surface area (Å²) in [6.07, 6.45) is 2.29. The second-order valence-electron chi connectivity index (χ2n) is 5.06. The van der Waals surface area contributed by atoms with Gasteiger partial charge in [-0.05, 0) is 42.8 Å². The minimum atomic E-state index is 0.736. The topological polar surface area (TPSA) is 29.9 Å². The maximum absolute atomic E-state index is 5.93. The van der Waals surface area contributed by atoms with Gasteiger partial charge in [-0.2, -0.15) is 0 Å². The standard InChI is InChI=1S/C17H18ClN3/c1-2-3-12-21-16-7-5-4-6-15(16)20-17(21)19-14-10-8-13(18)9-11-14/h4-11H,2-3,12H2,1H3,(H,19,20). The molecular formula is C17H18ClN3. The largest absolute Gasteiger partial charge is 0.326 e. The lowest BCUT2D eigenvalue weighted by Gasteiger charge is -2.10. The van der Waals surface area contributed by atoms with Gasteiger partial charge in [0.2, 0.25) is 5.95 Å². The molecule has 0 radical (unpaired) electrons. The second kappa shape index (κ2) is 6.19. The average molecular weight is 300 g/mol. The number of imidazole rings is 1. The van der Waals surface area contributed by atoms with E-state index in [0.717, 1.165) is 41.6 Å². The molecule has 0 spiro atoms. The summed E-state index contributed by atoms with van der Waals surface area (Å²) in [4.78, 5) is 4.70. The monoisotopic (exact) mass is 299 g/mol. The fourth-order valence-corrected chi connectivity index (χ4v) is 2.50. The molecule has 0 saturated heterocycles. The van der Waals surface area contributed by atoms with Gasteiger partial charge in [-0.1, -0.05) is 37.1 Å². The van der Waals surface area contributed by atoms with Crippen molar-refractivity contribution in [2.24, 2.45) is 0 Å². The molecule has 3 aromatic rings. The van der Waals surface area contributed by atoms with Crippen molar-refractivity contribution in [1.29, 1.82) is 0 Å². The third kappa shape index (κ3) is 3.03. The van der Waals surface area contributed by atoms with Crippen molar-refractivity contribution in [1.82, 2.24) is 9.55 Å². The number of aromatic nitrogens is 2. The summed E-state index contributed by atoms with van der Waals surface area (Å²) in [6, 6.07) is 15.9. The Bertz CT molecular complexity index is 731. The van der Waals surface area contributed by atoms with Crippen LogP contribution in [0.3, 0.4) is 0 Å². The van der Waals surface area contributed by atoms with Gasteiger partial charge in [-0.3, -0.25) is 0 Å². The molecule has 0 unspecified atom stereocenters. The quantitative estimate of drug-likeness (QED) is 0.699. The van der Waals surface area contributed by atoms with E-state index in [2.05, 4.69) is 28.9 Å². The summed E-state index contributed by atoms with van der Waals surface area (Å²) in [5, 5.41) is 4.13. The van der Waals surface area contributed by atoms with Crippen LogP contribution in [-0.2, 0) is 6.54 Å². The number of para-hydroxylation sites is 2. The number of aryl methyl sites for hydroxylation is 1. The molecule has 0 saturated carbocycles. The first-order chi connectivity index (χ1) is 10.3. The summed E-state index contributed by atoms with van der Waals surface area (Å²) < 4.78 is 2.24. The summed E-state index contributed by atoms with van der Waals surface area (Å²) in [5.74, 6) is 0.881. The lowest BCUT2D eigenvalue weighted by molar-refractivity contribution is 0.652. The number of halogens is 1. The van der Waals surface area contributed by atoms with Gasteiger partial charge < -0.3 is 9.88 Å². The molecule has 21 heavy (non-hydrogen) atoms. The minimum Gasteiger partial charge on any atom is -0.326 e. The predicted octanol–water partition coefficient (Wildman–Crippen LogP) is 5.23. The Labute approximate surface area is 129 Å². The average Bonchev–Trinajstić information content (AvgIpc) is 2.85. The van der Waals surface area contributed by atoms with Crippen LogP contribution in [0.2, 0.25) is 5.02 Å². The highest BCUT2D eigenvalue weighted by Crippen LogP contribution is 2.24. The molecule has 2 aromatic carbocycles. The van der Waals surface area contributed by atoms with Gasteiger partial charge in [0.05, 0.1) is 11.0 Å². The number of benzene rings is 2. The van der Waals surface area contributed by atoms with Crippen LogP contribution in [0.5, 0.6) is 0 Å². The highest BCUT2D eigenvalue weighted by Gasteiger charge is 2.10. The Kier molecular flexibility index (Phi) is 4.11. The van der Waals surface area contributed by atoms with E-state index in [-0.39, 0.29) is 0 Å². The SMILES string of the molecule is CCCCn1c(Nc2ccc(Cl)cc2)nc2ccccc21. The zero-order valence-electron chi connectivity index (χ0n) is 12.0. The van der Waals surface area contributed by atoms with Crippen LogP contribution >= 0.6 is 11.6 Å². The van der Waals surface area contributed by atoms with Crippen molar-refractivity contribution in [3.63, 3.8) is 0 Å². The molecule has 1 N–H and O–H groups in total. The number of fused-ring (bicyclic) bond motifs is 1. The lowest BCUT2D eigenvalue weighted by atomic mass is 10.3. The van der Waals surface area contributed by atoms with E-state index in [1.54, 1.807) is 0 Å². The molecule has 108 valence electrons. The Morgan fingerprint density at radius 3 is 2.62 bits per heavy atom. The lowest BCUT2D eigenvalue weighted by Crippen LogP contribution is -2.04. The first-order valence-corrected chi connectivity index (χ1v) is 7.63. The zero-order chi connectivity index (χ0) is 14.7. The van der Waals surface area contributed by atoms with Crippen LogP contribution < -0.4 is 5.32 Å². The third-order valence-corrected chi connectivity index (χ3v) is 3.74. The van der Waals surface area contributed by atoms with Crippen LogP contribution in [0, 0.1) is 0 Å². The summed E-state index contributed by atoms with van der Waals surface area (Å²) in [6.45, 7) is 3.17. The van der Waals surface area contributed by atoms with Crippen LogP contribution in [-0.4, -0.2) is 9.55 Å². The van der Waals surface area contributed by atoms with Gasteiger partial charge in [-0.15, -0.1) is 0 Å². The van der Waals surface area contributed by atoms with E-state index < -0.39 is 0 Å². The Balaban J connectivity index is 1.97. The first kappa shape index (κ1) is 14.0. The molecular weight excluding hydrogens is 282 g/mol. The fraction of sp³-hybridized carbons (Fsp3) is 0.235. The molecule has 0 aliphatic heterocycles. The second-order valence-corrected chi connectivity index (χ2v) is 5.50. The maximum atomic E-state index is 5.93. The van der Waals surface area contributed by atoms with Crippen LogP contribution in [0.15, 0.2) is 48.5 Å². The zero-order valence-corrected chi connectivity index (χ0v) is 12.8. The number of hydrogen-bond acceptors (Lipinski definition) is 2. The molecule has 3 nitrogen and oxygen atoms in total. The van der Waals surface area contributed by atoms with E-state index in [0.29, 0.717) is 0 Å². The van der Waals surface area contributed by atoms with E-state index in [4.69, 9.17) is 16.6 Å². The van der Waals surface area contributed by atoms with Gasteiger partial charge in [-0.25, -0.2) is 4.98 Å². The number of unbranched alkanes of at least 4 members (excludes halogenated alkanes) is 1.